The zero-order valence-corrected chi connectivity index (χ0v) is 12.2. The molecule has 0 N–H and O–H groups in total. The van der Waals surface area contributed by atoms with E-state index in [9.17, 15) is 0 Å². The van der Waals surface area contributed by atoms with Gasteiger partial charge in [0.15, 0.2) is 0 Å². The van der Waals surface area contributed by atoms with Crippen LogP contribution < -0.4 is 0 Å². The molecular formula is C14H30N2. The molecule has 0 radical (unpaired) electrons. The lowest BCUT2D eigenvalue weighted by atomic mass is 9.92. The predicted octanol–water partition coefficient (Wildman–Crippen LogP) is 2.98. The molecule has 1 fully saturated rings. The van der Waals surface area contributed by atoms with E-state index < -0.39 is 0 Å². The molecule has 0 aromatic rings. The Morgan fingerprint density at radius 3 is 2.19 bits per heavy atom. The maximum absolute atomic E-state index is 2.69. The molecule has 3 unspecified atom stereocenters. The summed E-state index contributed by atoms with van der Waals surface area (Å²) in [7, 11) is 2.28. The summed E-state index contributed by atoms with van der Waals surface area (Å²) in [6.45, 7) is 15.4. The molecule has 0 bridgehead atoms. The molecule has 1 aliphatic heterocycles. The zero-order valence-electron chi connectivity index (χ0n) is 12.2. The monoisotopic (exact) mass is 226 g/mol. The molecule has 0 saturated carbocycles. The van der Waals surface area contributed by atoms with Gasteiger partial charge in [-0.1, -0.05) is 6.92 Å². The van der Waals surface area contributed by atoms with Gasteiger partial charge in [0.25, 0.3) is 0 Å². The summed E-state index contributed by atoms with van der Waals surface area (Å²) >= 11 is 0. The summed E-state index contributed by atoms with van der Waals surface area (Å²) in [5.41, 5.74) is 0.263. The predicted molar refractivity (Wildman–Crippen MR) is 71.8 cm³/mol. The Bertz CT molecular complexity index is 225. The van der Waals surface area contributed by atoms with Gasteiger partial charge in [-0.05, 0) is 61.1 Å². The maximum atomic E-state index is 2.69. The Balaban J connectivity index is 2.96. The lowest BCUT2D eigenvalue weighted by Gasteiger charge is -2.45. The van der Waals surface area contributed by atoms with Crippen LogP contribution in [0.4, 0.5) is 0 Å². The van der Waals surface area contributed by atoms with Crippen molar-refractivity contribution in [2.24, 2.45) is 0 Å². The van der Waals surface area contributed by atoms with Gasteiger partial charge in [0, 0.05) is 23.7 Å². The van der Waals surface area contributed by atoms with Crippen molar-refractivity contribution in [2.75, 3.05) is 13.6 Å². The highest BCUT2D eigenvalue weighted by Crippen LogP contribution is 2.31. The van der Waals surface area contributed by atoms with Crippen LogP contribution in [0, 0.1) is 0 Å². The van der Waals surface area contributed by atoms with E-state index in [1.54, 1.807) is 0 Å². The fourth-order valence-corrected chi connectivity index (χ4v) is 3.11. The molecule has 0 amide bonds. The summed E-state index contributed by atoms with van der Waals surface area (Å²) in [6, 6.07) is 2.00. The van der Waals surface area contributed by atoms with Gasteiger partial charge >= 0.3 is 0 Å². The smallest absolute Gasteiger partial charge is 0.0305 e. The molecule has 16 heavy (non-hydrogen) atoms. The molecule has 2 nitrogen and oxygen atoms in total. The standard InChI is InChI=1S/C14H30N2/c1-8-9-16-12(3)10-11(2)15(7)14(5,6)13(16)4/h11-13H,8-10H2,1-7H3. The summed E-state index contributed by atoms with van der Waals surface area (Å²) in [4.78, 5) is 5.25. The van der Waals surface area contributed by atoms with Crippen molar-refractivity contribution in [1.82, 2.24) is 9.80 Å². The Morgan fingerprint density at radius 1 is 1.12 bits per heavy atom. The highest BCUT2D eigenvalue weighted by atomic mass is 15.3. The molecule has 96 valence electrons. The summed E-state index contributed by atoms with van der Waals surface area (Å²) < 4.78 is 0. The first kappa shape index (κ1) is 14.0. The first-order valence-electron chi connectivity index (χ1n) is 6.81. The van der Waals surface area contributed by atoms with E-state index in [0.29, 0.717) is 18.1 Å². The lowest BCUT2D eigenvalue weighted by molar-refractivity contribution is 0.0474. The minimum atomic E-state index is 0.263. The summed E-state index contributed by atoms with van der Waals surface area (Å²) in [5.74, 6) is 0. The average Bonchev–Trinajstić information content (AvgIpc) is 2.26. The minimum Gasteiger partial charge on any atom is -0.297 e. The molecular weight excluding hydrogens is 196 g/mol. The van der Waals surface area contributed by atoms with Gasteiger partial charge in [0.2, 0.25) is 0 Å². The Hall–Kier alpha value is -0.0800. The molecule has 0 spiro atoms. The number of likely N-dealkylation sites (N-methyl/N-ethyl adjacent to an activating group) is 1. The van der Waals surface area contributed by atoms with E-state index in [4.69, 9.17) is 0 Å². The molecule has 3 atom stereocenters. The molecule has 2 heteroatoms. The van der Waals surface area contributed by atoms with E-state index in [1.807, 2.05) is 0 Å². The maximum Gasteiger partial charge on any atom is 0.0305 e. The largest absolute Gasteiger partial charge is 0.297 e. The minimum absolute atomic E-state index is 0.263. The van der Waals surface area contributed by atoms with Crippen LogP contribution >= 0.6 is 0 Å². The normalized spacial score (nSPS) is 37.3. The van der Waals surface area contributed by atoms with E-state index in [1.165, 1.54) is 19.4 Å². The third-order valence-corrected chi connectivity index (χ3v) is 4.82. The van der Waals surface area contributed by atoms with Gasteiger partial charge in [-0.25, -0.2) is 0 Å². The first-order valence-corrected chi connectivity index (χ1v) is 6.81. The van der Waals surface area contributed by atoms with Crippen LogP contribution in [0.5, 0.6) is 0 Å². The van der Waals surface area contributed by atoms with Crippen molar-refractivity contribution in [3.63, 3.8) is 0 Å². The van der Waals surface area contributed by atoms with Crippen molar-refractivity contribution in [3.8, 4) is 0 Å². The molecule has 1 rings (SSSR count). The van der Waals surface area contributed by atoms with Crippen LogP contribution in [-0.4, -0.2) is 47.1 Å². The fraction of sp³-hybridized carbons (Fsp3) is 1.00. The first-order chi connectivity index (χ1) is 7.32. The average molecular weight is 226 g/mol. The summed E-state index contributed by atoms with van der Waals surface area (Å²) in [6.07, 6.45) is 2.53. The highest BCUT2D eigenvalue weighted by Gasteiger charge is 2.41. The molecule has 0 aliphatic carbocycles. The van der Waals surface area contributed by atoms with E-state index in [2.05, 4.69) is 58.4 Å². The van der Waals surface area contributed by atoms with Crippen molar-refractivity contribution in [2.45, 2.75) is 78.0 Å². The van der Waals surface area contributed by atoms with Crippen molar-refractivity contribution in [1.29, 1.82) is 0 Å². The van der Waals surface area contributed by atoms with E-state index >= 15 is 0 Å². The highest BCUT2D eigenvalue weighted by molar-refractivity contribution is 4.98. The summed E-state index contributed by atoms with van der Waals surface area (Å²) in [5, 5.41) is 0. The van der Waals surface area contributed by atoms with Gasteiger partial charge < -0.3 is 0 Å². The number of hydrogen-bond donors (Lipinski definition) is 0. The molecule has 1 heterocycles. The second kappa shape index (κ2) is 5.05. The molecule has 0 aromatic heterocycles. The second-order valence-electron chi connectivity index (χ2n) is 6.11. The van der Waals surface area contributed by atoms with Gasteiger partial charge in [-0.3, -0.25) is 9.80 Å². The third kappa shape index (κ3) is 2.43. The Labute approximate surface area is 102 Å². The SMILES string of the molecule is CCCN1C(C)CC(C)N(C)C(C)(C)C1C. The molecule has 1 aliphatic rings. The van der Waals surface area contributed by atoms with Gasteiger partial charge in [0.05, 0.1) is 0 Å². The van der Waals surface area contributed by atoms with E-state index in [0.717, 1.165) is 0 Å². The van der Waals surface area contributed by atoms with Crippen LogP contribution in [0.2, 0.25) is 0 Å². The molecule has 1 saturated heterocycles. The van der Waals surface area contributed by atoms with Crippen molar-refractivity contribution < 1.29 is 0 Å². The second-order valence-corrected chi connectivity index (χ2v) is 6.11. The van der Waals surface area contributed by atoms with Crippen LogP contribution in [0.15, 0.2) is 0 Å². The Morgan fingerprint density at radius 2 is 1.69 bits per heavy atom. The van der Waals surface area contributed by atoms with Gasteiger partial charge in [0.1, 0.15) is 0 Å². The van der Waals surface area contributed by atoms with Gasteiger partial charge in [-0.2, -0.15) is 0 Å². The lowest BCUT2D eigenvalue weighted by Crippen LogP contribution is -2.56. The van der Waals surface area contributed by atoms with E-state index in [-0.39, 0.29) is 5.54 Å². The van der Waals surface area contributed by atoms with Crippen molar-refractivity contribution >= 4 is 0 Å². The van der Waals surface area contributed by atoms with Crippen LogP contribution in [-0.2, 0) is 0 Å². The topological polar surface area (TPSA) is 6.48 Å². The number of hydrogen-bond acceptors (Lipinski definition) is 2. The van der Waals surface area contributed by atoms with Gasteiger partial charge in [-0.15, -0.1) is 0 Å². The zero-order chi connectivity index (χ0) is 12.5. The molecule has 0 aromatic carbocycles. The fourth-order valence-electron chi connectivity index (χ4n) is 3.11. The van der Waals surface area contributed by atoms with Crippen LogP contribution in [0.25, 0.3) is 0 Å². The number of nitrogens with zero attached hydrogens (tertiary/aromatic N) is 2. The Kier molecular flexibility index (Phi) is 4.42. The van der Waals surface area contributed by atoms with Crippen LogP contribution in [0.1, 0.15) is 54.4 Å². The van der Waals surface area contributed by atoms with Crippen LogP contribution in [0.3, 0.4) is 0 Å². The third-order valence-electron chi connectivity index (χ3n) is 4.82. The quantitative estimate of drug-likeness (QED) is 0.714. The van der Waals surface area contributed by atoms with Crippen molar-refractivity contribution in [3.05, 3.63) is 0 Å². The number of rotatable bonds is 2.